The molecule has 102 valence electrons. The molecule has 1 fully saturated rings. The van der Waals surface area contributed by atoms with Crippen LogP contribution in [0.15, 0.2) is 28.9 Å². The minimum atomic E-state index is -0.599. The zero-order valence-electron chi connectivity index (χ0n) is 10.6. The second kappa shape index (κ2) is 4.90. The first-order valence-electron chi connectivity index (χ1n) is 6.26. The summed E-state index contributed by atoms with van der Waals surface area (Å²) in [5.74, 6) is -0.457. The number of hydrogen-bond donors (Lipinski definition) is 0. The quantitative estimate of drug-likeness (QED) is 0.836. The first-order chi connectivity index (χ1) is 9.22. The standard InChI is InChI=1S/C14H15F2NO2/c1-17-5-7-19-14(11(17)8-15)10-3-2-9-4-6-18-13(9)12(10)16/h2-4,6,11,14H,5,7-8H2,1H3. The van der Waals surface area contributed by atoms with Crippen LogP contribution in [0, 0.1) is 5.82 Å². The zero-order valence-corrected chi connectivity index (χ0v) is 10.6. The topological polar surface area (TPSA) is 25.6 Å². The molecule has 1 aliphatic heterocycles. The Kier molecular flexibility index (Phi) is 3.24. The Labute approximate surface area is 109 Å². The van der Waals surface area contributed by atoms with Crippen LogP contribution in [0.5, 0.6) is 0 Å². The van der Waals surface area contributed by atoms with Crippen molar-refractivity contribution in [2.24, 2.45) is 0 Å². The smallest absolute Gasteiger partial charge is 0.172 e. The van der Waals surface area contributed by atoms with Gasteiger partial charge in [-0.3, -0.25) is 4.90 Å². The third kappa shape index (κ3) is 2.03. The van der Waals surface area contributed by atoms with Gasteiger partial charge >= 0.3 is 0 Å². The molecular weight excluding hydrogens is 252 g/mol. The monoisotopic (exact) mass is 267 g/mol. The van der Waals surface area contributed by atoms with Crippen LogP contribution in [0.2, 0.25) is 0 Å². The van der Waals surface area contributed by atoms with E-state index in [-0.39, 0.29) is 5.58 Å². The van der Waals surface area contributed by atoms with E-state index in [2.05, 4.69) is 0 Å². The fourth-order valence-corrected chi connectivity index (χ4v) is 2.56. The van der Waals surface area contributed by atoms with Crippen molar-refractivity contribution in [1.82, 2.24) is 4.90 Å². The van der Waals surface area contributed by atoms with E-state index in [1.807, 2.05) is 11.9 Å². The molecular formula is C14H15F2NO2. The second-order valence-electron chi connectivity index (χ2n) is 4.80. The molecule has 0 saturated carbocycles. The molecule has 0 bridgehead atoms. The van der Waals surface area contributed by atoms with Gasteiger partial charge in [0, 0.05) is 17.5 Å². The summed E-state index contributed by atoms with van der Waals surface area (Å²) in [6.45, 7) is 0.541. The van der Waals surface area contributed by atoms with E-state index in [0.29, 0.717) is 24.1 Å². The number of furan rings is 1. The first-order valence-corrected chi connectivity index (χ1v) is 6.26. The average molecular weight is 267 g/mol. The normalized spacial score (nSPS) is 25.0. The summed E-state index contributed by atoms with van der Waals surface area (Å²) in [5.41, 5.74) is 0.559. The summed E-state index contributed by atoms with van der Waals surface area (Å²) in [4.78, 5) is 1.86. The third-order valence-corrected chi connectivity index (χ3v) is 3.71. The number of benzene rings is 1. The third-order valence-electron chi connectivity index (χ3n) is 3.71. The van der Waals surface area contributed by atoms with Crippen LogP contribution in [0.25, 0.3) is 11.0 Å². The summed E-state index contributed by atoms with van der Waals surface area (Å²) in [6.07, 6.45) is 0.844. The van der Waals surface area contributed by atoms with Gasteiger partial charge in [-0.15, -0.1) is 0 Å². The van der Waals surface area contributed by atoms with Crippen molar-refractivity contribution >= 4 is 11.0 Å². The Morgan fingerprint density at radius 2 is 2.21 bits per heavy atom. The predicted molar refractivity (Wildman–Crippen MR) is 67.3 cm³/mol. The van der Waals surface area contributed by atoms with Crippen LogP contribution in [-0.4, -0.2) is 37.8 Å². The maximum atomic E-state index is 14.4. The molecule has 1 aliphatic rings. The van der Waals surface area contributed by atoms with Gasteiger partial charge < -0.3 is 9.15 Å². The molecule has 3 rings (SSSR count). The molecule has 3 nitrogen and oxygen atoms in total. The summed E-state index contributed by atoms with van der Waals surface area (Å²) in [5, 5.41) is 0.696. The van der Waals surface area contributed by atoms with Gasteiger partial charge in [0.1, 0.15) is 12.8 Å². The number of rotatable bonds is 2. The maximum absolute atomic E-state index is 14.4. The minimum Gasteiger partial charge on any atom is -0.461 e. The number of likely N-dealkylation sites (N-methyl/N-ethyl adjacent to an activating group) is 1. The van der Waals surface area contributed by atoms with Crippen LogP contribution >= 0.6 is 0 Å². The van der Waals surface area contributed by atoms with E-state index in [1.165, 1.54) is 6.26 Å². The highest BCUT2D eigenvalue weighted by Crippen LogP contribution is 2.33. The molecule has 2 heterocycles. The van der Waals surface area contributed by atoms with Gasteiger partial charge in [-0.2, -0.15) is 0 Å². The molecule has 0 N–H and O–H groups in total. The minimum absolute atomic E-state index is 0.201. The van der Waals surface area contributed by atoms with Gasteiger partial charge in [0.25, 0.3) is 0 Å². The van der Waals surface area contributed by atoms with Gasteiger partial charge in [0.2, 0.25) is 0 Å². The Hall–Kier alpha value is -1.46. The van der Waals surface area contributed by atoms with Crippen LogP contribution in [-0.2, 0) is 4.74 Å². The van der Waals surface area contributed by atoms with Gasteiger partial charge in [-0.25, -0.2) is 8.78 Å². The summed E-state index contributed by atoms with van der Waals surface area (Å²) >= 11 is 0. The summed E-state index contributed by atoms with van der Waals surface area (Å²) < 4.78 is 38.3. The maximum Gasteiger partial charge on any atom is 0.172 e. The van der Waals surface area contributed by atoms with E-state index in [1.54, 1.807) is 18.2 Å². The number of ether oxygens (including phenoxy) is 1. The fraction of sp³-hybridized carbons (Fsp3) is 0.429. The molecule has 2 unspecified atom stereocenters. The molecule has 1 aromatic carbocycles. The molecule has 1 saturated heterocycles. The lowest BCUT2D eigenvalue weighted by Crippen LogP contribution is -2.46. The van der Waals surface area contributed by atoms with Crippen LogP contribution in [0.3, 0.4) is 0 Å². The van der Waals surface area contributed by atoms with Gasteiger partial charge in [-0.05, 0) is 13.1 Å². The van der Waals surface area contributed by atoms with E-state index in [0.717, 1.165) is 0 Å². The number of fused-ring (bicyclic) bond motifs is 1. The number of alkyl halides is 1. The molecule has 2 atom stereocenters. The molecule has 0 spiro atoms. The molecule has 0 amide bonds. The van der Waals surface area contributed by atoms with Crippen LogP contribution in [0.1, 0.15) is 11.7 Å². The Morgan fingerprint density at radius 1 is 1.37 bits per heavy atom. The van der Waals surface area contributed by atoms with Crippen molar-refractivity contribution in [2.45, 2.75) is 12.1 Å². The van der Waals surface area contributed by atoms with Gasteiger partial charge in [0.15, 0.2) is 11.4 Å². The number of halogens is 2. The number of morpholine rings is 1. The predicted octanol–water partition coefficient (Wildman–Crippen LogP) is 2.91. The lowest BCUT2D eigenvalue weighted by Gasteiger charge is -2.37. The lowest BCUT2D eigenvalue weighted by molar-refractivity contribution is -0.0713. The second-order valence-corrected chi connectivity index (χ2v) is 4.80. The van der Waals surface area contributed by atoms with Crippen molar-refractivity contribution in [3.8, 4) is 0 Å². The largest absolute Gasteiger partial charge is 0.461 e. The number of hydrogen-bond acceptors (Lipinski definition) is 3. The van der Waals surface area contributed by atoms with E-state index < -0.39 is 24.6 Å². The van der Waals surface area contributed by atoms with Crippen LogP contribution < -0.4 is 0 Å². The highest BCUT2D eigenvalue weighted by molar-refractivity contribution is 5.78. The zero-order chi connectivity index (χ0) is 13.4. The van der Waals surface area contributed by atoms with Gasteiger partial charge in [-0.1, -0.05) is 12.1 Å². The van der Waals surface area contributed by atoms with Crippen molar-refractivity contribution in [1.29, 1.82) is 0 Å². The van der Waals surface area contributed by atoms with Crippen molar-refractivity contribution in [3.63, 3.8) is 0 Å². The van der Waals surface area contributed by atoms with E-state index in [4.69, 9.17) is 9.15 Å². The molecule has 0 aliphatic carbocycles. The molecule has 1 aromatic heterocycles. The molecule has 5 heteroatoms. The molecule has 0 radical (unpaired) electrons. The van der Waals surface area contributed by atoms with Gasteiger partial charge in [0.05, 0.1) is 18.9 Å². The first kappa shape index (κ1) is 12.6. The van der Waals surface area contributed by atoms with E-state index in [9.17, 15) is 8.78 Å². The SMILES string of the molecule is CN1CCOC(c2ccc3ccoc3c2F)C1CF. The lowest BCUT2D eigenvalue weighted by atomic mass is 9.99. The Balaban J connectivity index is 2.04. The van der Waals surface area contributed by atoms with Crippen molar-refractivity contribution < 1.29 is 17.9 Å². The molecule has 19 heavy (non-hydrogen) atoms. The molecule has 2 aromatic rings. The Bertz CT molecular complexity index is 584. The highest BCUT2D eigenvalue weighted by Gasteiger charge is 2.33. The highest BCUT2D eigenvalue weighted by atomic mass is 19.1. The van der Waals surface area contributed by atoms with E-state index >= 15 is 0 Å². The Morgan fingerprint density at radius 3 is 3.00 bits per heavy atom. The number of nitrogens with zero attached hydrogens (tertiary/aromatic N) is 1. The van der Waals surface area contributed by atoms with Crippen molar-refractivity contribution in [3.05, 3.63) is 35.8 Å². The average Bonchev–Trinajstić information content (AvgIpc) is 2.88. The van der Waals surface area contributed by atoms with Crippen molar-refractivity contribution in [2.75, 3.05) is 26.9 Å². The summed E-state index contributed by atoms with van der Waals surface area (Å²) in [6, 6.07) is 4.66. The summed E-state index contributed by atoms with van der Waals surface area (Å²) in [7, 11) is 1.82. The van der Waals surface area contributed by atoms with Crippen LogP contribution in [0.4, 0.5) is 8.78 Å². The fourth-order valence-electron chi connectivity index (χ4n) is 2.56.